The highest BCUT2D eigenvalue weighted by Crippen LogP contribution is 2.58. The smallest absolute Gasteiger partial charge is 0.341 e. The quantitative estimate of drug-likeness (QED) is 0.655. The SMILES string of the molecule is CCNc1ccc(S(=O)(=O)C(F)F)cc1NC(=O)C1CC12CCNCC2.Cl. The monoisotopic (exact) mass is 423 g/mol. The summed E-state index contributed by atoms with van der Waals surface area (Å²) in [4.78, 5) is 12.1. The molecule has 3 N–H and O–H groups in total. The van der Waals surface area contributed by atoms with Gasteiger partial charge in [-0.1, -0.05) is 0 Å². The first-order valence-corrected chi connectivity index (χ1v) is 10.3. The molecule has 1 amide bonds. The third-order valence-corrected chi connectivity index (χ3v) is 6.66. The number of anilines is 2. The lowest BCUT2D eigenvalue weighted by Crippen LogP contribution is -2.31. The minimum absolute atomic E-state index is 0. The Morgan fingerprint density at radius 2 is 1.96 bits per heavy atom. The maximum atomic E-state index is 12.8. The average molecular weight is 424 g/mol. The van der Waals surface area contributed by atoms with Crippen LogP contribution in [0.4, 0.5) is 20.2 Å². The Morgan fingerprint density at radius 1 is 1.30 bits per heavy atom. The molecule has 0 bridgehead atoms. The van der Waals surface area contributed by atoms with Crippen LogP contribution in [-0.2, 0) is 14.6 Å². The fourth-order valence-electron chi connectivity index (χ4n) is 3.67. The summed E-state index contributed by atoms with van der Waals surface area (Å²) in [5, 5.41) is 9.03. The summed E-state index contributed by atoms with van der Waals surface area (Å²) in [6.07, 6.45) is 2.68. The first-order valence-electron chi connectivity index (χ1n) is 8.72. The maximum Gasteiger partial charge on any atom is 0.341 e. The zero-order chi connectivity index (χ0) is 18.9. The van der Waals surface area contributed by atoms with Gasteiger partial charge in [-0.25, -0.2) is 8.42 Å². The lowest BCUT2D eigenvalue weighted by molar-refractivity contribution is -0.118. The molecule has 10 heteroatoms. The molecule has 1 unspecified atom stereocenters. The predicted octanol–water partition coefficient (Wildman–Crippen LogP) is 2.86. The van der Waals surface area contributed by atoms with E-state index >= 15 is 0 Å². The summed E-state index contributed by atoms with van der Waals surface area (Å²) in [6.45, 7) is 4.16. The van der Waals surface area contributed by atoms with Crippen molar-refractivity contribution >= 4 is 39.5 Å². The second kappa shape index (κ2) is 8.28. The van der Waals surface area contributed by atoms with Gasteiger partial charge in [-0.2, -0.15) is 8.78 Å². The molecule has 2 fully saturated rings. The molecule has 3 rings (SSSR count). The van der Waals surface area contributed by atoms with Gasteiger partial charge in [0.2, 0.25) is 15.7 Å². The summed E-state index contributed by atoms with van der Waals surface area (Å²) in [7, 11) is -4.72. The van der Waals surface area contributed by atoms with E-state index < -0.39 is 20.5 Å². The summed E-state index contributed by atoms with van der Waals surface area (Å²) in [5.41, 5.74) is 0.754. The molecule has 1 atom stereocenters. The van der Waals surface area contributed by atoms with Crippen LogP contribution < -0.4 is 16.0 Å². The van der Waals surface area contributed by atoms with Crippen molar-refractivity contribution in [2.24, 2.45) is 11.3 Å². The summed E-state index contributed by atoms with van der Waals surface area (Å²) in [6, 6.07) is 3.64. The Morgan fingerprint density at radius 3 is 2.56 bits per heavy atom. The van der Waals surface area contributed by atoms with Gasteiger partial charge in [0.25, 0.3) is 0 Å². The molecular weight excluding hydrogens is 400 g/mol. The second-order valence-electron chi connectivity index (χ2n) is 6.90. The largest absolute Gasteiger partial charge is 0.384 e. The van der Waals surface area contributed by atoms with Gasteiger partial charge in [-0.3, -0.25) is 4.79 Å². The van der Waals surface area contributed by atoms with Gasteiger partial charge in [0, 0.05) is 12.5 Å². The highest BCUT2D eigenvalue weighted by atomic mass is 35.5. The van der Waals surface area contributed by atoms with Crippen LogP contribution in [0.25, 0.3) is 0 Å². The molecule has 1 aliphatic carbocycles. The Kier molecular flexibility index (Phi) is 6.70. The molecule has 1 aliphatic heterocycles. The van der Waals surface area contributed by atoms with Crippen molar-refractivity contribution in [3.8, 4) is 0 Å². The van der Waals surface area contributed by atoms with Crippen molar-refractivity contribution in [2.75, 3.05) is 30.3 Å². The summed E-state index contributed by atoms with van der Waals surface area (Å²) >= 11 is 0. The number of carbonyl (C=O) groups is 1. The molecule has 0 aromatic heterocycles. The average Bonchev–Trinajstić information content (AvgIpc) is 3.30. The lowest BCUT2D eigenvalue weighted by atomic mass is 9.92. The van der Waals surface area contributed by atoms with Crippen LogP contribution in [0.5, 0.6) is 0 Å². The molecule has 1 aromatic rings. The molecule has 1 saturated heterocycles. The van der Waals surface area contributed by atoms with Crippen molar-refractivity contribution in [1.82, 2.24) is 5.32 Å². The minimum atomic E-state index is -4.72. The van der Waals surface area contributed by atoms with E-state index in [1.54, 1.807) is 0 Å². The van der Waals surface area contributed by atoms with E-state index in [0.717, 1.165) is 44.5 Å². The van der Waals surface area contributed by atoms with E-state index in [0.29, 0.717) is 12.2 Å². The van der Waals surface area contributed by atoms with Gasteiger partial charge in [0.15, 0.2) is 0 Å². The number of hydrogen-bond acceptors (Lipinski definition) is 5. The fraction of sp³-hybridized carbons (Fsp3) is 0.588. The Labute approximate surface area is 163 Å². The molecule has 6 nitrogen and oxygen atoms in total. The first-order chi connectivity index (χ1) is 12.3. The number of amides is 1. The Hall–Kier alpha value is -1.45. The predicted molar refractivity (Wildman–Crippen MR) is 102 cm³/mol. The third-order valence-electron chi connectivity index (χ3n) is 5.28. The van der Waals surface area contributed by atoms with Gasteiger partial charge >= 0.3 is 5.76 Å². The highest BCUT2D eigenvalue weighted by Gasteiger charge is 2.57. The molecule has 27 heavy (non-hydrogen) atoms. The van der Waals surface area contributed by atoms with Gasteiger partial charge in [0.05, 0.1) is 16.3 Å². The van der Waals surface area contributed by atoms with E-state index in [1.807, 2.05) is 6.92 Å². The maximum absolute atomic E-state index is 12.8. The zero-order valence-corrected chi connectivity index (χ0v) is 16.6. The van der Waals surface area contributed by atoms with Gasteiger partial charge < -0.3 is 16.0 Å². The number of rotatable bonds is 6. The minimum Gasteiger partial charge on any atom is -0.384 e. The molecular formula is C17H24ClF2N3O3S. The van der Waals surface area contributed by atoms with Crippen molar-refractivity contribution in [3.63, 3.8) is 0 Å². The zero-order valence-electron chi connectivity index (χ0n) is 14.9. The van der Waals surface area contributed by atoms with Gasteiger partial charge in [-0.05, 0) is 62.9 Å². The number of carbonyl (C=O) groups excluding carboxylic acids is 1. The van der Waals surface area contributed by atoms with Crippen LogP contribution in [0, 0.1) is 11.3 Å². The number of nitrogens with one attached hydrogen (secondary N) is 3. The number of hydrogen-bond donors (Lipinski definition) is 3. The van der Waals surface area contributed by atoms with Crippen molar-refractivity contribution in [2.45, 2.75) is 36.8 Å². The normalized spacial score (nSPS) is 20.8. The van der Waals surface area contributed by atoms with E-state index in [2.05, 4.69) is 16.0 Å². The van der Waals surface area contributed by atoms with Crippen LogP contribution in [0.2, 0.25) is 0 Å². The number of piperidine rings is 1. The Balaban J connectivity index is 0.00000261. The molecule has 1 spiro atoms. The van der Waals surface area contributed by atoms with E-state index in [4.69, 9.17) is 0 Å². The van der Waals surface area contributed by atoms with E-state index in [9.17, 15) is 22.0 Å². The molecule has 0 radical (unpaired) electrons. The standard InChI is InChI=1S/C17H23F2N3O3S.ClH/c1-2-21-13-4-3-11(26(24,25)16(18)19)9-14(13)22-15(23)12-10-17(12)5-7-20-8-6-17;/h3-4,9,12,16,20-21H,2,5-8,10H2,1H3,(H,22,23);1H. The molecule has 2 aliphatic rings. The molecule has 1 heterocycles. The van der Waals surface area contributed by atoms with Crippen LogP contribution >= 0.6 is 12.4 Å². The highest BCUT2D eigenvalue weighted by molar-refractivity contribution is 7.91. The number of halogens is 3. The van der Waals surface area contributed by atoms with Crippen LogP contribution in [0.15, 0.2) is 23.1 Å². The number of alkyl halides is 2. The van der Waals surface area contributed by atoms with E-state index in [1.165, 1.54) is 6.07 Å². The number of benzene rings is 1. The molecule has 1 saturated carbocycles. The van der Waals surface area contributed by atoms with Crippen molar-refractivity contribution in [3.05, 3.63) is 18.2 Å². The molecule has 1 aromatic carbocycles. The van der Waals surface area contributed by atoms with E-state index in [-0.39, 0.29) is 35.3 Å². The third kappa shape index (κ3) is 4.35. The van der Waals surface area contributed by atoms with Crippen LogP contribution in [-0.4, -0.2) is 39.7 Å². The lowest BCUT2D eigenvalue weighted by Gasteiger charge is -2.23. The van der Waals surface area contributed by atoms with Crippen LogP contribution in [0.1, 0.15) is 26.2 Å². The van der Waals surface area contributed by atoms with Gasteiger partial charge in [0.1, 0.15) is 0 Å². The van der Waals surface area contributed by atoms with Crippen LogP contribution in [0.3, 0.4) is 0 Å². The summed E-state index contributed by atoms with van der Waals surface area (Å²) < 4.78 is 49.1. The fourth-order valence-corrected chi connectivity index (χ4v) is 4.41. The van der Waals surface area contributed by atoms with Crippen molar-refractivity contribution in [1.29, 1.82) is 0 Å². The number of sulfone groups is 1. The van der Waals surface area contributed by atoms with Crippen molar-refractivity contribution < 1.29 is 22.0 Å². The topological polar surface area (TPSA) is 87.3 Å². The van der Waals surface area contributed by atoms with Gasteiger partial charge in [-0.15, -0.1) is 12.4 Å². The molecule has 152 valence electrons. The summed E-state index contributed by atoms with van der Waals surface area (Å²) in [5.74, 6) is -3.80. The second-order valence-corrected chi connectivity index (χ2v) is 8.82. The first kappa shape index (κ1) is 21.8. The Bertz CT molecular complexity index is 799.